The molecule has 0 amide bonds. The lowest BCUT2D eigenvalue weighted by atomic mass is 9.84. The molecule has 0 spiro atoms. The zero-order valence-electron chi connectivity index (χ0n) is 11.7. The predicted molar refractivity (Wildman–Crippen MR) is 77.2 cm³/mol. The van der Waals surface area contributed by atoms with Gasteiger partial charge in [0.25, 0.3) is 0 Å². The zero-order valence-corrected chi connectivity index (χ0v) is 12.5. The van der Waals surface area contributed by atoms with Gasteiger partial charge in [-0.1, -0.05) is 19.8 Å². The zero-order chi connectivity index (χ0) is 14.8. The molecule has 20 heavy (non-hydrogen) atoms. The van der Waals surface area contributed by atoms with Crippen LogP contribution in [0.4, 0.5) is 10.1 Å². The van der Waals surface area contributed by atoms with E-state index in [-0.39, 0.29) is 16.0 Å². The van der Waals surface area contributed by atoms with Crippen LogP contribution in [0.2, 0.25) is 0 Å². The summed E-state index contributed by atoms with van der Waals surface area (Å²) in [7, 11) is -3.63. The van der Waals surface area contributed by atoms with Gasteiger partial charge >= 0.3 is 0 Å². The fourth-order valence-corrected chi connectivity index (χ4v) is 3.99. The average molecular weight is 300 g/mol. The fraction of sp³-hybridized carbons (Fsp3) is 0.571. The van der Waals surface area contributed by atoms with Crippen LogP contribution >= 0.6 is 0 Å². The van der Waals surface area contributed by atoms with Crippen LogP contribution in [0.3, 0.4) is 0 Å². The van der Waals surface area contributed by atoms with Crippen LogP contribution in [0.5, 0.6) is 0 Å². The maximum atomic E-state index is 13.1. The van der Waals surface area contributed by atoms with E-state index < -0.39 is 15.8 Å². The summed E-state index contributed by atoms with van der Waals surface area (Å²) in [6, 6.07) is 3.47. The predicted octanol–water partition coefficient (Wildman–Crippen LogP) is 2.66. The van der Waals surface area contributed by atoms with E-state index in [0.717, 1.165) is 44.2 Å². The minimum atomic E-state index is -3.63. The van der Waals surface area contributed by atoms with E-state index in [1.165, 1.54) is 6.07 Å². The molecular formula is C14H21FN2O2S. The van der Waals surface area contributed by atoms with Gasteiger partial charge in [0, 0.05) is 6.54 Å². The first-order valence-corrected chi connectivity index (χ1v) is 8.42. The highest BCUT2D eigenvalue weighted by Crippen LogP contribution is 2.40. The molecule has 0 bridgehead atoms. The molecule has 1 saturated carbocycles. The van der Waals surface area contributed by atoms with Crippen molar-refractivity contribution in [3.63, 3.8) is 0 Å². The van der Waals surface area contributed by atoms with Crippen molar-refractivity contribution >= 4 is 15.7 Å². The van der Waals surface area contributed by atoms with Crippen molar-refractivity contribution in [3.05, 3.63) is 24.0 Å². The van der Waals surface area contributed by atoms with E-state index in [2.05, 4.69) is 11.6 Å². The third-order valence-electron chi connectivity index (χ3n) is 4.33. The van der Waals surface area contributed by atoms with Gasteiger partial charge in [-0.15, -0.1) is 0 Å². The summed E-state index contributed by atoms with van der Waals surface area (Å²) >= 11 is 0. The number of sulfonamides is 1. The van der Waals surface area contributed by atoms with Gasteiger partial charge in [0.2, 0.25) is 10.0 Å². The quantitative estimate of drug-likeness (QED) is 0.821. The molecule has 112 valence electrons. The van der Waals surface area contributed by atoms with E-state index in [1.54, 1.807) is 0 Å². The van der Waals surface area contributed by atoms with Gasteiger partial charge in [-0.05, 0) is 42.9 Å². The Morgan fingerprint density at radius 2 is 2.00 bits per heavy atom. The third kappa shape index (κ3) is 3.12. The van der Waals surface area contributed by atoms with Crippen molar-refractivity contribution in [2.24, 2.45) is 5.41 Å². The number of nitrogen functional groups attached to an aromatic ring is 1. The van der Waals surface area contributed by atoms with Gasteiger partial charge in [-0.25, -0.2) is 17.5 Å². The molecule has 1 aliphatic carbocycles. The summed E-state index contributed by atoms with van der Waals surface area (Å²) in [5.41, 5.74) is 5.33. The van der Waals surface area contributed by atoms with Crippen molar-refractivity contribution in [1.29, 1.82) is 0 Å². The molecule has 6 heteroatoms. The van der Waals surface area contributed by atoms with E-state index >= 15 is 0 Å². The Labute approximate surface area is 119 Å². The number of halogens is 1. The lowest BCUT2D eigenvalue weighted by Crippen LogP contribution is -2.35. The number of hydrogen-bond acceptors (Lipinski definition) is 3. The summed E-state index contributed by atoms with van der Waals surface area (Å²) in [5, 5.41) is 0. The van der Waals surface area contributed by atoms with Crippen LogP contribution < -0.4 is 10.5 Å². The number of anilines is 1. The number of nitrogens with one attached hydrogen (secondary N) is 1. The molecule has 2 rings (SSSR count). The van der Waals surface area contributed by atoms with Gasteiger partial charge in [0.1, 0.15) is 5.82 Å². The van der Waals surface area contributed by atoms with E-state index in [0.29, 0.717) is 6.54 Å². The Morgan fingerprint density at radius 1 is 1.35 bits per heavy atom. The summed E-state index contributed by atoms with van der Waals surface area (Å²) in [6.07, 6.45) is 5.37. The average Bonchev–Trinajstić information content (AvgIpc) is 2.89. The normalized spacial score (nSPS) is 18.3. The van der Waals surface area contributed by atoms with Crippen molar-refractivity contribution in [3.8, 4) is 0 Å². The second-order valence-corrected chi connectivity index (χ2v) is 7.34. The second kappa shape index (κ2) is 5.69. The van der Waals surface area contributed by atoms with E-state index in [4.69, 9.17) is 5.73 Å². The monoisotopic (exact) mass is 300 g/mol. The standard InChI is InChI=1S/C14H21FN2O2S/c1-2-14(7-3-4-8-14)10-17-20(18,19)11-5-6-12(15)13(16)9-11/h5-6,9,17H,2-4,7-8,10,16H2,1H3. The SMILES string of the molecule is CCC1(CNS(=O)(=O)c2ccc(F)c(N)c2)CCCC1. The number of rotatable bonds is 5. The highest BCUT2D eigenvalue weighted by Gasteiger charge is 2.33. The van der Waals surface area contributed by atoms with Crippen molar-refractivity contribution in [1.82, 2.24) is 4.72 Å². The van der Waals surface area contributed by atoms with Crippen LogP contribution in [-0.4, -0.2) is 15.0 Å². The topological polar surface area (TPSA) is 72.2 Å². The molecule has 0 unspecified atom stereocenters. The molecule has 3 N–H and O–H groups in total. The largest absolute Gasteiger partial charge is 0.396 e. The summed E-state index contributed by atoms with van der Waals surface area (Å²) in [5.74, 6) is -0.607. The third-order valence-corrected chi connectivity index (χ3v) is 5.73. The first kappa shape index (κ1) is 15.3. The van der Waals surface area contributed by atoms with E-state index in [1.807, 2.05) is 0 Å². The minimum absolute atomic E-state index is 0.0145. The first-order valence-electron chi connectivity index (χ1n) is 6.93. The Bertz CT molecular complexity index is 581. The molecule has 1 fully saturated rings. The van der Waals surface area contributed by atoms with E-state index in [9.17, 15) is 12.8 Å². The molecule has 0 aromatic heterocycles. The van der Waals surface area contributed by atoms with Crippen LogP contribution in [0.25, 0.3) is 0 Å². The molecule has 1 aliphatic rings. The maximum Gasteiger partial charge on any atom is 0.240 e. The number of benzene rings is 1. The lowest BCUT2D eigenvalue weighted by Gasteiger charge is -2.27. The highest BCUT2D eigenvalue weighted by molar-refractivity contribution is 7.89. The minimum Gasteiger partial charge on any atom is -0.396 e. The molecule has 0 radical (unpaired) electrons. The number of hydrogen-bond donors (Lipinski definition) is 2. The Morgan fingerprint density at radius 3 is 2.55 bits per heavy atom. The molecule has 1 aromatic carbocycles. The Hall–Kier alpha value is -1.14. The second-order valence-electron chi connectivity index (χ2n) is 5.57. The fourth-order valence-electron chi connectivity index (χ4n) is 2.80. The van der Waals surface area contributed by atoms with Gasteiger partial charge in [0.05, 0.1) is 10.6 Å². The van der Waals surface area contributed by atoms with Gasteiger partial charge in [-0.3, -0.25) is 0 Å². The number of nitrogens with two attached hydrogens (primary N) is 1. The Kier molecular flexibility index (Phi) is 4.34. The molecular weight excluding hydrogens is 279 g/mol. The van der Waals surface area contributed by atoms with Crippen molar-refractivity contribution in [2.75, 3.05) is 12.3 Å². The van der Waals surface area contributed by atoms with Crippen LogP contribution in [-0.2, 0) is 10.0 Å². The molecule has 0 heterocycles. The molecule has 0 atom stereocenters. The molecule has 4 nitrogen and oxygen atoms in total. The van der Waals surface area contributed by atoms with Crippen molar-refractivity contribution in [2.45, 2.75) is 43.9 Å². The molecule has 1 aromatic rings. The van der Waals surface area contributed by atoms with Crippen LogP contribution in [0.1, 0.15) is 39.0 Å². The molecule has 0 aliphatic heterocycles. The first-order chi connectivity index (χ1) is 9.38. The smallest absolute Gasteiger partial charge is 0.240 e. The van der Waals surface area contributed by atoms with Gasteiger partial charge < -0.3 is 5.73 Å². The summed E-state index contributed by atoms with van der Waals surface area (Å²) in [6.45, 7) is 2.53. The lowest BCUT2D eigenvalue weighted by molar-refractivity contribution is 0.285. The van der Waals surface area contributed by atoms with Crippen molar-refractivity contribution < 1.29 is 12.8 Å². The molecule has 0 saturated heterocycles. The highest BCUT2D eigenvalue weighted by atomic mass is 32.2. The Balaban J connectivity index is 2.13. The van der Waals surface area contributed by atoms with Gasteiger partial charge in [0.15, 0.2) is 0 Å². The van der Waals surface area contributed by atoms with Crippen LogP contribution in [0, 0.1) is 11.2 Å². The van der Waals surface area contributed by atoms with Gasteiger partial charge in [-0.2, -0.15) is 0 Å². The summed E-state index contributed by atoms with van der Waals surface area (Å²) in [4.78, 5) is 0.0145. The maximum absolute atomic E-state index is 13.1. The summed E-state index contributed by atoms with van der Waals surface area (Å²) < 4.78 is 40.2. The van der Waals surface area contributed by atoms with Crippen LogP contribution in [0.15, 0.2) is 23.1 Å².